The number of rotatable bonds is 9. The fraction of sp³-hybridized carbons (Fsp3) is 0.148. The fourth-order valence-corrected chi connectivity index (χ4v) is 5.35. The average molecular weight is 543 g/mol. The zero-order valence-corrected chi connectivity index (χ0v) is 22.2. The Morgan fingerprint density at radius 3 is 2.45 bits per heavy atom. The first kappa shape index (κ1) is 26.5. The molecule has 38 heavy (non-hydrogen) atoms. The number of aromatic nitrogens is 2. The molecule has 2 heterocycles. The number of thiazole rings is 1. The molecule has 0 aliphatic rings. The molecule has 0 atom stereocenters. The number of nitrogen functional groups attached to an aromatic ring is 1. The minimum atomic E-state index is -0.228. The third-order valence-corrected chi connectivity index (χ3v) is 7.21. The van der Waals surface area contributed by atoms with E-state index in [1.54, 1.807) is 20.3 Å². The van der Waals surface area contributed by atoms with Crippen molar-refractivity contribution in [3.63, 3.8) is 0 Å². The minimum absolute atomic E-state index is 0.0442. The van der Waals surface area contributed by atoms with Crippen molar-refractivity contribution in [3.05, 3.63) is 65.0 Å². The molecule has 0 aliphatic carbocycles. The number of hydrogen-bond acceptors (Lipinski definition) is 10. The van der Waals surface area contributed by atoms with Crippen molar-refractivity contribution in [3.8, 4) is 46.0 Å². The molecule has 11 heteroatoms. The molecule has 0 aliphatic heterocycles. The Morgan fingerprint density at radius 1 is 1.03 bits per heavy atom. The van der Waals surface area contributed by atoms with E-state index in [4.69, 9.17) is 15.2 Å². The average Bonchev–Trinajstić information content (AvgIpc) is 3.41. The topological polar surface area (TPSA) is 147 Å². The summed E-state index contributed by atoms with van der Waals surface area (Å²) in [4.78, 5) is 21.4. The summed E-state index contributed by atoms with van der Waals surface area (Å²) in [5.74, 6) is 1.37. The molecule has 0 fully saturated rings. The van der Waals surface area contributed by atoms with Crippen LogP contribution in [0.1, 0.15) is 17.5 Å². The largest absolute Gasteiger partial charge is 0.493 e. The lowest BCUT2D eigenvalue weighted by atomic mass is 9.97. The molecule has 4 rings (SSSR count). The highest BCUT2D eigenvalue weighted by Gasteiger charge is 2.20. The number of nitriles is 2. The van der Waals surface area contributed by atoms with E-state index in [1.165, 1.54) is 23.1 Å². The number of pyridine rings is 1. The maximum atomic E-state index is 12.6. The number of hydrogen-bond donors (Lipinski definition) is 2. The summed E-state index contributed by atoms with van der Waals surface area (Å²) in [6.07, 6.45) is 0.156. The molecule has 4 aromatic rings. The van der Waals surface area contributed by atoms with Crippen molar-refractivity contribution in [1.82, 2.24) is 9.97 Å². The van der Waals surface area contributed by atoms with E-state index in [0.29, 0.717) is 44.2 Å². The maximum Gasteiger partial charge on any atom is 0.226 e. The Morgan fingerprint density at radius 2 is 1.76 bits per heavy atom. The third kappa shape index (κ3) is 5.70. The number of amides is 1. The second-order valence-electron chi connectivity index (χ2n) is 7.77. The van der Waals surface area contributed by atoms with E-state index in [0.717, 1.165) is 5.56 Å². The number of ether oxygens (including phenoxy) is 2. The van der Waals surface area contributed by atoms with Crippen LogP contribution in [0.25, 0.3) is 22.4 Å². The number of nitrogens with two attached hydrogens (primary N) is 1. The Kier molecular flexibility index (Phi) is 8.44. The number of carbonyl (C=O) groups is 1. The molecule has 190 valence electrons. The van der Waals surface area contributed by atoms with Gasteiger partial charge in [-0.3, -0.25) is 4.79 Å². The van der Waals surface area contributed by atoms with Gasteiger partial charge in [-0.05, 0) is 23.8 Å². The Balaban J connectivity index is 1.44. The van der Waals surface area contributed by atoms with Gasteiger partial charge in [-0.1, -0.05) is 30.3 Å². The van der Waals surface area contributed by atoms with Gasteiger partial charge < -0.3 is 20.5 Å². The zero-order valence-electron chi connectivity index (χ0n) is 20.5. The molecule has 9 nitrogen and oxygen atoms in total. The number of anilines is 2. The summed E-state index contributed by atoms with van der Waals surface area (Å²) in [5, 5.41) is 25.0. The molecule has 3 N–H and O–H groups in total. The van der Waals surface area contributed by atoms with Crippen LogP contribution < -0.4 is 20.5 Å². The van der Waals surface area contributed by atoms with Crippen LogP contribution >= 0.6 is 23.1 Å². The highest BCUT2D eigenvalue weighted by atomic mass is 32.2. The number of carbonyl (C=O) groups excluding carboxylic acids is 1. The van der Waals surface area contributed by atoms with Crippen LogP contribution in [-0.2, 0) is 4.79 Å². The van der Waals surface area contributed by atoms with E-state index in [1.807, 2.05) is 47.8 Å². The van der Waals surface area contributed by atoms with Gasteiger partial charge in [0.1, 0.15) is 28.5 Å². The second-order valence-corrected chi connectivity index (χ2v) is 9.71. The Labute approximate surface area is 227 Å². The van der Waals surface area contributed by atoms with E-state index in [-0.39, 0.29) is 29.3 Å². The molecular formula is C27H22N6O3S2. The van der Waals surface area contributed by atoms with Crippen LogP contribution in [0.3, 0.4) is 0 Å². The quantitative estimate of drug-likeness (QED) is 0.268. The van der Waals surface area contributed by atoms with Crippen LogP contribution in [0.2, 0.25) is 0 Å². The summed E-state index contributed by atoms with van der Waals surface area (Å²) in [5.41, 5.74) is 9.14. The molecule has 2 aromatic heterocycles. The van der Waals surface area contributed by atoms with E-state index in [9.17, 15) is 15.3 Å². The third-order valence-electron chi connectivity index (χ3n) is 5.48. The normalized spacial score (nSPS) is 10.3. The lowest BCUT2D eigenvalue weighted by molar-refractivity contribution is -0.115. The van der Waals surface area contributed by atoms with E-state index < -0.39 is 0 Å². The van der Waals surface area contributed by atoms with Crippen LogP contribution in [0.4, 0.5) is 10.9 Å². The Hall–Kier alpha value is -4.58. The summed E-state index contributed by atoms with van der Waals surface area (Å²) >= 11 is 2.55. The monoisotopic (exact) mass is 542 g/mol. The first-order chi connectivity index (χ1) is 18.5. The van der Waals surface area contributed by atoms with Gasteiger partial charge >= 0.3 is 0 Å². The summed E-state index contributed by atoms with van der Waals surface area (Å²) in [6, 6.07) is 18.8. The minimum Gasteiger partial charge on any atom is -0.493 e. The van der Waals surface area contributed by atoms with Gasteiger partial charge in [-0.25, -0.2) is 9.97 Å². The van der Waals surface area contributed by atoms with Crippen molar-refractivity contribution >= 4 is 40.0 Å². The van der Waals surface area contributed by atoms with Crippen LogP contribution in [0.15, 0.2) is 58.9 Å². The number of thioether (sulfide) groups is 1. The van der Waals surface area contributed by atoms with E-state index in [2.05, 4.69) is 27.4 Å². The van der Waals surface area contributed by atoms with Crippen LogP contribution in [-0.4, -0.2) is 35.8 Å². The van der Waals surface area contributed by atoms with Crippen molar-refractivity contribution < 1.29 is 14.3 Å². The van der Waals surface area contributed by atoms with Gasteiger partial charge in [0.05, 0.1) is 25.5 Å². The first-order valence-corrected chi connectivity index (χ1v) is 13.1. The summed E-state index contributed by atoms with van der Waals surface area (Å²) in [6.45, 7) is 0. The molecule has 2 aromatic carbocycles. The SMILES string of the molecule is COc1ccc(-c2csc(NC(=O)CCSc3nc(N)c(C#N)c(-c4ccccc4)c3C#N)n2)cc1OC. The molecule has 0 radical (unpaired) electrons. The smallest absolute Gasteiger partial charge is 0.226 e. The molecular weight excluding hydrogens is 520 g/mol. The number of methoxy groups -OCH3 is 2. The Bertz CT molecular complexity index is 1560. The van der Waals surface area contributed by atoms with E-state index >= 15 is 0 Å². The summed E-state index contributed by atoms with van der Waals surface area (Å²) in [7, 11) is 3.14. The molecule has 0 saturated heterocycles. The molecule has 0 unspecified atom stereocenters. The predicted molar refractivity (Wildman–Crippen MR) is 148 cm³/mol. The maximum absolute atomic E-state index is 12.6. The van der Waals surface area contributed by atoms with Crippen molar-refractivity contribution in [2.75, 3.05) is 31.0 Å². The zero-order chi connectivity index (χ0) is 27.1. The second kappa shape index (κ2) is 12.1. The van der Waals surface area contributed by atoms with Gasteiger partial charge in [-0.2, -0.15) is 10.5 Å². The molecule has 0 saturated carbocycles. The lowest BCUT2D eigenvalue weighted by Gasteiger charge is -2.12. The lowest BCUT2D eigenvalue weighted by Crippen LogP contribution is -2.12. The van der Waals surface area contributed by atoms with Gasteiger partial charge in [0, 0.05) is 28.7 Å². The highest BCUT2D eigenvalue weighted by Crippen LogP contribution is 2.36. The number of nitrogens with one attached hydrogen (secondary N) is 1. The van der Waals surface area contributed by atoms with Gasteiger partial charge in [0.2, 0.25) is 5.91 Å². The van der Waals surface area contributed by atoms with Crippen LogP contribution in [0.5, 0.6) is 11.5 Å². The van der Waals surface area contributed by atoms with Gasteiger partial charge in [0.15, 0.2) is 16.6 Å². The highest BCUT2D eigenvalue weighted by molar-refractivity contribution is 7.99. The number of benzene rings is 2. The molecule has 0 spiro atoms. The predicted octanol–water partition coefficient (Wildman–Crippen LogP) is 5.34. The van der Waals surface area contributed by atoms with Crippen molar-refractivity contribution in [2.45, 2.75) is 11.4 Å². The fourth-order valence-electron chi connectivity index (χ4n) is 3.68. The molecule has 0 bridgehead atoms. The first-order valence-electron chi connectivity index (χ1n) is 11.3. The standard InChI is InChI=1S/C27H22N6O3S2/c1-35-21-9-8-17(12-22(21)36-2)20-15-38-27(31-20)32-23(34)10-11-37-26-19(14-29)24(16-6-4-3-5-7-16)18(13-28)25(30)33-26/h3-9,12,15H,10-11H2,1-2H3,(H2,30,33)(H,31,32,34). The molecule has 1 amide bonds. The number of nitrogens with zero attached hydrogens (tertiary/aromatic N) is 4. The van der Waals surface area contributed by atoms with Crippen molar-refractivity contribution in [2.24, 2.45) is 0 Å². The van der Waals surface area contributed by atoms with Gasteiger partial charge in [0.25, 0.3) is 0 Å². The van der Waals surface area contributed by atoms with Gasteiger partial charge in [-0.15, -0.1) is 23.1 Å². The van der Waals surface area contributed by atoms with Crippen molar-refractivity contribution in [1.29, 1.82) is 10.5 Å². The summed E-state index contributed by atoms with van der Waals surface area (Å²) < 4.78 is 10.6. The van der Waals surface area contributed by atoms with Crippen LogP contribution in [0, 0.1) is 22.7 Å².